The number of hydrogen-bond acceptors (Lipinski definition) is 0. The molecular weight excluding hydrogens is 374 g/mol. The van der Waals surface area contributed by atoms with Crippen molar-refractivity contribution in [2.45, 2.75) is 79.1 Å². The average molecular weight is 415 g/mol. The van der Waals surface area contributed by atoms with E-state index in [9.17, 15) is 0 Å². The van der Waals surface area contributed by atoms with Crippen LogP contribution in [0.5, 0.6) is 0 Å². The van der Waals surface area contributed by atoms with E-state index < -0.39 is 0 Å². The van der Waals surface area contributed by atoms with Gasteiger partial charge in [0.25, 0.3) is 0 Å². The van der Waals surface area contributed by atoms with Gasteiger partial charge in [0.1, 0.15) is 7.05 Å². The van der Waals surface area contributed by atoms with Gasteiger partial charge < -0.3 is 0 Å². The zero-order valence-corrected chi connectivity index (χ0v) is 20.6. The summed E-state index contributed by atoms with van der Waals surface area (Å²) in [6, 6.07) is 16.8. The summed E-state index contributed by atoms with van der Waals surface area (Å²) in [7, 11) is 2.23. The van der Waals surface area contributed by atoms with Crippen LogP contribution in [-0.4, -0.2) is 0 Å². The lowest BCUT2D eigenvalue weighted by Crippen LogP contribution is -2.35. The van der Waals surface area contributed by atoms with Crippen molar-refractivity contribution in [2.24, 2.45) is 18.9 Å². The fraction of sp³-hybridized carbons (Fsp3) is 0.500. The molecule has 3 aromatic rings. The van der Waals surface area contributed by atoms with Crippen molar-refractivity contribution in [2.75, 3.05) is 0 Å². The van der Waals surface area contributed by atoms with Crippen LogP contribution in [0.15, 0.2) is 42.5 Å². The van der Waals surface area contributed by atoms with E-state index >= 15 is 0 Å². The second-order valence-electron chi connectivity index (χ2n) is 10.6. The molecule has 0 amide bonds. The molecule has 1 aliphatic carbocycles. The van der Waals surface area contributed by atoms with E-state index in [-0.39, 0.29) is 0 Å². The molecule has 0 unspecified atom stereocenters. The molecule has 1 aliphatic rings. The number of hydrogen-bond donors (Lipinski definition) is 0. The Morgan fingerprint density at radius 3 is 2.16 bits per heavy atom. The van der Waals surface area contributed by atoms with Crippen LogP contribution in [0, 0.1) is 25.7 Å². The second-order valence-corrected chi connectivity index (χ2v) is 10.6. The van der Waals surface area contributed by atoms with Crippen LogP contribution in [-0.2, 0) is 7.05 Å². The number of aryl methyl sites for hydroxylation is 2. The second kappa shape index (κ2) is 8.77. The minimum absolute atomic E-state index is 0.592. The van der Waals surface area contributed by atoms with E-state index in [4.69, 9.17) is 0 Å². The van der Waals surface area contributed by atoms with E-state index in [0.29, 0.717) is 17.8 Å². The Morgan fingerprint density at radius 2 is 1.52 bits per heavy atom. The topological polar surface area (TPSA) is 3.88 Å². The Bertz CT molecular complexity index is 1080. The van der Waals surface area contributed by atoms with Crippen molar-refractivity contribution < 1.29 is 4.57 Å². The Balaban J connectivity index is 1.90. The summed E-state index contributed by atoms with van der Waals surface area (Å²) in [5.74, 6) is 2.62. The molecule has 31 heavy (non-hydrogen) atoms. The van der Waals surface area contributed by atoms with Gasteiger partial charge in [0.05, 0.1) is 5.39 Å². The van der Waals surface area contributed by atoms with Crippen LogP contribution >= 0.6 is 0 Å². The van der Waals surface area contributed by atoms with Gasteiger partial charge in [0, 0.05) is 18.6 Å². The molecule has 0 N–H and O–H groups in total. The molecule has 1 heterocycles. The molecule has 1 fully saturated rings. The predicted molar refractivity (Wildman–Crippen MR) is 134 cm³/mol. The normalized spacial score (nSPS) is 15.2. The first-order chi connectivity index (χ1) is 14.8. The lowest BCUT2D eigenvalue weighted by molar-refractivity contribution is -0.665. The van der Waals surface area contributed by atoms with Gasteiger partial charge in [-0.15, -0.1) is 0 Å². The van der Waals surface area contributed by atoms with E-state index in [1.165, 1.54) is 70.1 Å². The first-order valence-electron chi connectivity index (χ1n) is 12.3. The SMILES string of the molecule is Cc1ccc(C2CCCC2)cc1-c1c2ccc(C(C(C)C)C(C)C)cc2cc(C)[n+]1C. The molecule has 1 heteroatoms. The van der Waals surface area contributed by atoms with Crippen molar-refractivity contribution in [1.29, 1.82) is 0 Å². The number of nitrogens with zero attached hydrogens (tertiary/aromatic N) is 1. The molecule has 1 saturated carbocycles. The van der Waals surface area contributed by atoms with Crippen LogP contribution in [0.2, 0.25) is 0 Å². The van der Waals surface area contributed by atoms with Crippen molar-refractivity contribution in [1.82, 2.24) is 0 Å². The molecule has 1 aromatic heterocycles. The third-order valence-corrected chi connectivity index (χ3v) is 7.72. The molecular formula is C30H40N+. The fourth-order valence-electron chi connectivity index (χ4n) is 6.08. The van der Waals surface area contributed by atoms with Gasteiger partial charge in [-0.2, -0.15) is 4.57 Å². The van der Waals surface area contributed by atoms with E-state index in [1.54, 1.807) is 0 Å². The van der Waals surface area contributed by atoms with E-state index in [2.05, 4.69) is 95.6 Å². The highest BCUT2D eigenvalue weighted by atomic mass is 14.9. The first kappa shape index (κ1) is 22.1. The summed E-state index contributed by atoms with van der Waals surface area (Å²) in [6.07, 6.45) is 5.45. The number of benzene rings is 2. The molecule has 0 saturated heterocycles. The fourth-order valence-corrected chi connectivity index (χ4v) is 6.08. The summed E-state index contributed by atoms with van der Waals surface area (Å²) in [5, 5.41) is 2.75. The molecule has 0 aliphatic heterocycles. The van der Waals surface area contributed by atoms with E-state index in [1.807, 2.05) is 0 Å². The zero-order valence-electron chi connectivity index (χ0n) is 20.6. The van der Waals surface area contributed by atoms with Gasteiger partial charge in [-0.25, -0.2) is 0 Å². The van der Waals surface area contributed by atoms with Crippen molar-refractivity contribution >= 4 is 10.8 Å². The van der Waals surface area contributed by atoms with Crippen molar-refractivity contribution in [3.05, 3.63) is 64.8 Å². The zero-order chi connectivity index (χ0) is 22.3. The summed E-state index contributed by atoms with van der Waals surface area (Å²) < 4.78 is 2.39. The highest BCUT2D eigenvalue weighted by Gasteiger charge is 2.25. The summed E-state index contributed by atoms with van der Waals surface area (Å²) in [5.41, 5.74) is 8.46. The highest BCUT2D eigenvalue weighted by Crippen LogP contribution is 2.39. The van der Waals surface area contributed by atoms with Crippen LogP contribution < -0.4 is 4.57 Å². The summed E-state index contributed by atoms with van der Waals surface area (Å²) in [6.45, 7) is 13.9. The van der Waals surface area contributed by atoms with Gasteiger partial charge >= 0.3 is 0 Å². The lowest BCUT2D eigenvalue weighted by atomic mass is 9.79. The van der Waals surface area contributed by atoms with Crippen LogP contribution in [0.4, 0.5) is 0 Å². The van der Waals surface area contributed by atoms with Gasteiger partial charge in [-0.3, -0.25) is 0 Å². The molecule has 2 aromatic carbocycles. The van der Waals surface area contributed by atoms with Crippen molar-refractivity contribution in [3.63, 3.8) is 0 Å². The Hall–Kier alpha value is -2.15. The molecule has 4 rings (SSSR count). The minimum atomic E-state index is 0.592. The number of fused-ring (bicyclic) bond motifs is 1. The Kier molecular flexibility index (Phi) is 6.24. The third kappa shape index (κ3) is 4.16. The maximum absolute atomic E-state index is 2.50. The third-order valence-electron chi connectivity index (χ3n) is 7.72. The number of aromatic nitrogens is 1. The van der Waals surface area contributed by atoms with Crippen LogP contribution in [0.3, 0.4) is 0 Å². The predicted octanol–water partition coefficient (Wildman–Crippen LogP) is 8.00. The summed E-state index contributed by atoms with van der Waals surface area (Å²) in [4.78, 5) is 0. The monoisotopic (exact) mass is 414 g/mol. The number of pyridine rings is 1. The molecule has 0 bridgehead atoms. The smallest absolute Gasteiger partial charge is 0.198 e. The molecule has 1 nitrogen and oxygen atoms in total. The van der Waals surface area contributed by atoms with Gasteiger partial charge in [-0.05, 0) is 77.6 Å². The molecule has 0 radical (unpaired) electrons. The number of rotatable bonds is 5. The molecule has 0 spiro atoms. The maximum Gasteiger partial charge on any atom is 0.220 e. The van der Waals surface area contributed by atoms with Gasteiger partial charge in [-0.1, -0.05) is 64.8 Å². The van der Waals surface area contributed by atoms with Crippen LogP contribution in [0.25, 0.3) is 22.0 Å². The quantitative estimate of drug-likeness (QED) is 0.372. The van der Waals surface area contributed by atoms with Crippen LogP contribution in [0.1, 0.15) is 87.6 Å². The Morgan fingerprint density at radius 1 is 0.839 bits per heavy atom. The van der Waals surface area contributed by atoms with Crippen molar-refractivity contribution in [3.8, 4) is 11.3 Å². The minimum Gasteiger partial charge on any atom is -0.198 e. The van der Waals surface area contributed by atoms with Gasteiger partial charge in [0.15, 0.2) is 5.69 Å². The molecule has 164 valence electrons. The largest absolute Gasteiger partial charge is 0.220 e. The standard InChI is InChI=1S/C30H40N/c1-19(2)29(20(3)4)25-14-15-27-26(17-25)16-22(6)31(7)30(27)28-18-24(13-12-21(28)5)23-10-8-9-11-23/h12-20,23,29H,8-11H2,1-7H3/q+1. The average Bonchev–Trinajstić information content (AvgIpc) is 3.24. The lowest BCUT2D eigenvalue weighted by Gasteiger charge is -2.25. The highest BCUT2D eigenvalue weighted by molar-refractivity contribution is 5.94. The molecule has 0 atom stereocenters. The summed E-state index contributed by atoms with van der Waals surface area (Å²) >= 11 is 0. The Labute approximate surface area is 189 Å². The van der Waals surface area contributed by atoms with E-state index in [0.717, 1.165) is 5.92 Å². The first-order valence-corrected chi connectivity index (χ1v) is 12.3. The maximum atomic E-state index is 2.50. The van der Waals surface area contributed by atoms with Gasteiger partial charge in [0.2, 0.25) is 5.69 Å².